The van der Waals surface area contributed by atoms with Gasteiger partial charge in [0.05, 0.1) is 12.1 Å². The third-order valence-electron chi connectivity index (χ3n) is 4.97. The molecule has 4 rings (SSSR count). The van der Waals surface area contributed by atoms with Gasteiger partial charge in [0, 0.05) is 25.1 Å². The maximum atomic E-state index is 14.9. The first-order valence-electron chi connectivity index (χ1n) is 10.5. The average Bonchev–Trinajstić information content (AvgIpc) is 3.06. The molecular formula is C25H24FN2O+. The van der Waals surface area contributed by atoms with Gasteiger partial charge in [0.2, 0.25) is 17.6 Å². The summed E-state index contributed by atoms with van der Waals surface area (Å²) in [6.45, 7) is 14.7. The zero-order chi connectivity index (χ0) is 22.7. The lowest BCUT2D eigenvalue weighted by Crippen LogP contribution is -2.32. The quantitative estimate of drug-likeness (QED) is 0.277. The molecule has 0 saturated carbocycles. The van der Waals surface area contributed by atoms with E-state index in [1.54, 1.807) is 44.5 Å². The van der Waals surface area contributed by atoms with E-state index in [4.69, 9.17) is 13.7 Å². The number of hydrogen-bond acceptors (Lipinski definition) is 1. The van der Waals surface area contributed by atoms with Gasteiger partial charge in [0.15, 0.2) is 5.82 Å². The van der Waals surface area contributed by atoms with Gasteiger partial charge in [0.1, 0.15) is 18.2 Å². The average molecular weight is 389 g/mol. The second kappa shape index (κ2) is 6.70. The Bertz CT molecular complexity index is 1390. The first-order chi connectivity index (χ1) is 14.5. The van der Waals surface area contributed by atoms with Crippen LogP contribution in [0.3, 0.4) is 0 Å². The minimum Gasteiger partial charge on any atom is -0.466 e. The van der Waals surface area contributed by atoms with E-state index in [9.17, 15) is 4.39 Å². The van der Waals surface area contributed by atoms with Gasteiger partial charge >= 0.3 is 0 Å². The van der Waals surface area contributed by atoms with Gasteiger partial charge in [-0.25, -0.2) is 9.24 Å². The largest absolute Gasteiger partial charge is 0.466 e. The van der Waals surface area contributed by atoms with Gasteiger partial charge in [-0.15, -0.1) is 0 Å². The number of rotatable bonds is 2. The van der Waals surface area contributed by atoms with Crippen LogP contribution in [0.1, 0.15) is 34.6 Å². The van der Waals surface area contributed by atoms with Crippen molar-refractivity contribution in [2.24, 2.45) is 12.5 Å². The number of halogens is 1. The molecule has 0 N–H and O–H groups in total. The van der Waals surface area contributed by atoms with Crippen molar-refractivity contribution in [3.63, 3.8) is 0 Å². The number of furan rings is 1. The van der Waals surface area contributed by atoms with Gasteiger partial charge in [-0.1, -0.05) is 51.1 Å². The number of benzene rings is 2. The highest BCUT2D eigenvalue weighted by molar-refractivity contribution is 6.12. The van der Waals surface area contributed by atoms with Crippen LogP contribution in [0.15, 0.2) is 47.0 Å². The lowest BCUT2D eigenvalue weighted by Gasteiger charge is -2.18. The molecule has 4 aromatic rings. The molecule has 0 unspecified atom stereocenters. The highest BCUT2D eigenvalue weighted by Crippen LogP contribution is 2.40. The monoisotopic (exact) mass is 389 g/mol. The topological polar surface area (TPSA) is 21.4 Å². The van der Waals surface area contributed by atoms with Crippen LogP contribution in [-0.2, 0) is 13.4 Å². The molecule has 0 radical (unpaired) electrons. The predicted octanol–water partition coefficient (Wildman–Crippen LogP) is 6.66. The maximum Gasteiger partial charge on any atom is 0.229 e. The van der Waals surface area contributed by atoms with E-state index in [0.29, 0.717) is 22.5 Å². The van der Waals surface area contributed by atoms with Crippen molar-refractivity contribution in [2.75, 3.05) is 0 Å². The van der Waals surface area contributed by atoms with Crippen molar-refractivity contribution in [3.8, 4) is 11.3 Å². The number of fused-ring (bicyclic) bond motifs is 3. The summed E-state index contributed by atoms with van der Waals surface area (Å²) in [6.07, 6.45) is -0.563. The van der Waals surface area contributed by atoms with Crippen LogP contribution in [0.4, 0.5) is 10.1 Å². The van der Waals surface area contributed by atoms with Gasteiger partial charge in [0.25, 0.3) is 0 Å². The van der Waals surface area contributed by atoms with Crippen LogP contribution in [0, 0.1) is 24.7 Å². The molecule has 0 fully saturated rings. The summed E-state index contributed by atoms with van der Waals surface area (Å²) >= 11 is 0. The fourth-order valence-electron chi connectivity index (χ4n) is 3.72. The Morgan fingerprint density at radius 2 is 1.90 bits per heavy atom. The Morgan fingerprint density at radius 3 is 2.59 bits per heavy atom. The van der Waals surface area contributed by atoms with Crippen molar-refractivity contribution >= 4 is 27.6 Å². The number of aryl methyl sites for hydroxylation is 2. The third kappa shape index (κ3) is 3.27. The number of nitrogens with zero attached hydrogens (tertiary/aromatic N) is 2. The molecule has 0 spiro atoms. The summed E-state index contributed by atoms with van der Waals surface area (Å²) in [5, 5.41) is 1.71. The molecule has 0 saturated heterocycles. The number of aromatic nitrogens is 1. The predicted molar refractivity (Wildman–Crippen MR) is 114 cm³/mol. The highest BCUT2D eigenvalue weighted by atomic mass is 19.1. The second-order valence-electron chi connectivity index (χ2n) is 8.41. The van der Waals surface area contributed by atoms with Gasteiger partial charge in [-0.05, 0) is 24.3 Å². The van der Waals surface area contributed by atoms with Gasteiger partial charge in [-0.2, -0.15) is 4.57 Å². The van der Waals surface area contributed by atoms with E-state index >= 15 is 0 Å². The Balaban J connectivity index is 2.09. The van der Waals surface area contributed by atoms with E-state index in [-0.39, 0.29) is 5.56 Å². The number of hydrogen-bond donors (Lipinski definition) is 0. The van der Waals surface area contributed by atoms with Crippen molar-refractivity contribution < 1.29 is 16.1 Å². The zero-order valence-corrected chi connectivity index (χ0v) is 17.2. The van der Waals surface area contributed by atoms with Crippen LogP contribution in [0.2, 0.25) is 0 Å². The second-order valence-corrected chi connectivity index (χ2v) is 8.41. The summed E-state index contributed by atoms with van der Waals surface area (Å²) in [5.74, 6) is -0.587. The fraction of sp³-hybridized carbons (Fsp3) is 0.280. The van der Waals surface area contributed by atoms with Gasteiger partial charge in [-0.3, -0.25) is 0 Å². The molecule has 0 aliphatic rings. The van der Waals surface area contributed by atoms with Crippen LogP contribution < -0.4 is 4.57 Å². The molecule has 0 aliphatic heterocycles. The molecule has 2 aromatic heterocycles. The van der Waals surface area contributed by atoms with Crippen molar-refractivity contribution in [1.29, 1.82) is 0 Å². The minimum absolute atomic E-state index is 0.0162. The first-order valence-corrected chi connectivity index (χ1v) is 9.49. The Labute approximate surface area is 173 Å². The molecule has 0 amide bonds. The van der Waals surface area contributed by atoms with Crippen LogP contribution in [-0.4, -0.2) is 0 Å². The minimum atomic E-state index is -1.88. The molecule has 3 nitrogen and oxygen atoms in total. The Hall–Kier alpha value is -3.19. The first kappa shape index (κ1) is 16.7. The van der Waals surface area contributed by atoms with E-state index in [1.165, 1.54) is 6.20 Å². The molecule has 29 heavy (non-hydrogen) atoms. The summed E-state index contributed by atoms with van der Waals surface area (Å²) in [4.78, 5) is 3.57. The highest BCUT2D eigenvalue weighted by Gasteiger charge is 2.25. The van der Waals surface area contributed by atoms with Crippen LogP contribution in [0.5, 0.6) is 0 Å². The van der Waals surface area contributed by atoms with Crippen LogP contribution >= 0.6 is 0 Å². The number of pyridine rings is 1. The van der Waals surface area contributed by atoms with Crippen molar-refractivity contribution in [1.82, 2.24) is 0 Å². The van der Waals surface area contributed by atoms with E-state index in [0.717, 1.165) is 21.9 Å². The van der Waals surface area contributed by atoms with Crippen LogP contribution in [0.25, 0.3) is 38.0 Å². The summed E-state index contributed by atoms with van der Waals surface area (Å²) < 4.78 is 40.0. The molecule has 2 heterocycles. The molecule has 4 heteroatoms. The Morgan fingerprint density at radius 1 is 1.17 bits per heavy atom. The van der Waals surface area contributed by atoms with E-state index in [2.05, 4.69) is 4.85 Å². The lowest BCUT2D eigenvalue weighted by molar-refractivity contribution is -0.662. The molecule has 0 bridgehead atoms. The lowest BCUT2D eigenvalue weighted by atomic mass is 9.87. The van der Waals surface area contributed by atoms with E-state index < -0.39 is 17.6 Å². The zero-order valence-electron chi connectivity index (χ0n) is 19.2. The van der Waals surface area contributed by atoms with Gasteiger partial charge < -0.3 is 4.42 Å². The molecule has 0 aliphatic carbocycles. The maximum absolute atomic E-state index is 14.9. The number of para-hydroxylation sites is 1. The molecule has 2 aromatic carbocycles. The molecule has 146 valence electrons. The normalized spacial score (nSPS) is 13.4. The third-order valence-corrected chi connectivity index (χ3v) is 4.97. The summed E-state index contributed by atoms with van der Waals surface area (Å²) in [6, 6.07) is 11.0. The molecule has 0 atom stereocenters. The Kier molecular flexibility index (Phi) is 3.87. The van der Waals surface area contributed by atoms with E-state index in [1.807, 2.05) is 31.2 Å². The summed E-state index contributed by atoms with van der Waals surface area (Å²) in [7, 11) is 1.74. The molecular weight excluding hydrogens is 363 g/mol. The van der Waals surface area contributed by atoms with Crippen molar-refractivity contribution in [2.45, 2.75) is 34.1 Å². The smallest absolute Gasteiger partial charge is 0.229 e. The SMILES string of the molecule is [2H]C([2H])(c1cc(-c2c(C)ccc3c2oc2c([N+]#[C-])cccc23)[n+](C)cc1F)C(C)(C)C. The summed E-state index contributed by atoms with van der Waals surface area (Å²) in [5.41, 5.74) is 3.11. The fourth-order valence-corrected chi connectivity index (χ4v) is 3.72. The standard InChI is InChI=1S/C25H24FN2O/c1-15-10-11-18-17-8-7-9-20(27-5)23(17)29-24(18)22(15)21-12-16(13-25(2,3)4)19(26)14-28(21)6/h7-12,14H,13H2,1-4,6H3/q+1/i13D2. The van der Waals surface area contributed by atoms with Crippen molar-refractivity contribution in [3.05, 3.63) is 71.0 Å².